The maximum Gasteiger partial charge on any atom is 0.301 e. The molecule has 1 fully saturated rings. The van der Waals surface area contributed by atoms with E-state index >= 15 is 0 Å². The number of nitrogens with zero attached hydrogens (tertiary/aromatic N) is 1. The van der Waals surface area contributed by atoms with Gasteiger partial charge in [-0.25, -0.2) is 5.84 Å². The number of carbonyl (C=O) groups excluding carboxylic acids is 1. The molecule has 1 aliphatic rings. The van der Waals surface area contributed by atoms with Gasteiger partial charge in [0.25, 0.3) is 0 Å². The molecule has 0 aliphatic carbocycles. The summed E-state index contributed by atoms with van der Waals surface area (Å²) in [6.45, 7) is 8.25. The van der Waals surface area contributed by atoms with Crippen molar-refractivity contribution in [3.05, 3.63) is 23.2 Å². The lowest BCUT2D eigenvalue weighted by atomic mass is 9.92. The SMILES string of the molecule is Cc1cc(CN2CCCC(C)C2C)oc1C(=O)NN. The first-order chi connectivity index (χ1) is 9.02. The molecular weight excluding hydrogens is 242 g/mol. The third-order valence-corrected chi connectivity index (χ3v) is 4.17. The van der Waals surface area contributed by atoms with Gasteiger partial charge in [-0.05, 0) is 45.2 Å². The second-order valence-corrected chi connectivity index (χ2v) is 5.53. The van der Waals surface area contributed by atoms with Gasteiger partial charge in [0.15, 0.2) is 5.76 Å². The number of aryl methyl sites for hydroxylation is 1. The number of rotatable bonds is 3. The lowest BCUT2D eigenvalue weighted by molar-refractivity contribution is 0.0892. The van der Waals surface area contributed by atoms with Crippen molar-refractivity contribution in [1.82, 2.24) is 10.3 Å². The number of hydrogen-bond acceptors (Lipinski definition) is 4. The number of amides is 1. The fourth-order valence-electron chi connectivity index (χ4n) is 2.76. The number of nitrogen functional groups attached to an aromatic ring is 1. The number of nitrogens with one attached hydrogen (secondary N) is 1. The highest BCUT2D eigenvalue weighted by Crippen LogP contribution is 2.25. The number of nitrogens with two attached hydrogens (primary N) is 1. The van der Waals surface area contributed by atoms with Crippen LogP contribution >= 0.6 is 0 Å². The Kier molecular flexibility index (Phi) is 4.27. The first-order valence-corrected chi connectivity index (χ1v) is 6.87. The summed E-state index contributed by atoms with van der Waals surface area (Å²) in [5, 5.41) is 0. The lowest BCUT2D eigenvalue weighted by Gasteiger charge is -2.37. The van der Waals surface area contributed by atoms with Crippen LogP contribution in [0.15, 0.2) is 10.5 Å². The van der Waals surface area contributed by atoms with E-state index in [0.717, 1.165) is 24.4 Å². The van der Waals surface area contributed by atoms with Gasteiger partial charge >= 0.3 is 5.91 Å². The van der Waals surface area contributed by atoms with Gasteiger partial charge in [-0.15, -0.1) is 0 Å². The number of carbonyl (C=O) groups is 1. The van der Waals surface area contributed by atoms with Gasteiger partial charge in [0.1, 0.15) is 5.76 Å². The molecule has 1 amide bonds. The summed E-state index contributed by atoms with van der Waals surface area (Å²) in [5.74, 6) is 6.62. The Morgan fingerprint density at radius 2 is 2.32 bits per heavy atom. The zero-order valence-corrected chi connectivity index (χ0v) is 11.9. The van der Waals surface area contributed by atoms with Gasteiger partial charge in [0.2, 0.25) is 0 Å². The van der Waals surface area contributed by atoms with Crippen LogP contribution < -0.4 is 11.3 Å². The number of piperidine rings is 1. The van der Waals surface area contributed by atoms with Crippen molar-refractivity contribution in [2.24, 2.45) is 11.8 Å². The largest absolute Gasteiger partial charge is 0.454 e. The molecular formula is C14H23N3O2. The predicted octanol–water partition coefficient (Wildman–Crippen LogP) is 1.81. The molecule has 0 spiro atoms. The van der Waals surface area contributed by atoms with Crippen molar-refractivity contribution in [2.75, 3.05) is 6.54 Å². The molecule has 0 aromatic carbocycles. The smallest absolute Gasteiger partial charge is 0.301 e. The first-order valence-electron chi connectivity index (χ1n) is 6.87. The lowest BCUT2D eigenvalue weighted by Crippen LogP contribution is -2.41. The fourth-order valence-corrected chi connectivity index (χ4v) is 2.76. The van der Waals surface area contributed by atoms with Crippen LogP contribution in [-0.4, -0.2) is 23.4 Å². The second-order valence-electron chi connectivity index (χ2n) is 5.53. The summed E-state index contributed by atoms with van der Waals surface area (Å²) in [6.07, 6.45) is 2.51. The van der Waals surface area contributed by atoms with Gasteiger partial charge in [0, 0.05) is 11.6 Å². The third kappa shape index (κ3) is 2.98. The Hall–Kier alpha value is -1.33. The van der Waals surface area contributed by atoms with Crippen molar-refractivity contribution < 1.29 is 9.21 Å². The first kappa shape index (κ1) is 14.1. The summed E-state index contributed by atoms with van der Waals surface area (Å²) in [7, 11) is 0. The second kappa shape index (κ2) is 5.75. The number of likely N-dealkylation sites (tertiary alicyclic amines) is 1. The van der Waals surface area contributed by atoms with Gasteiger partial charge < -0.3 is 4.42 Å². The minimum Gasteiger partial charge on any atom is -0.454 e. The Morgan fingerprint density at radius 3 is 3.00 bits per heavy atom. The van der Waals surface area contributed by atoms with Crippen molar-refractivity contribution in [2.45, 2.75) is 46.2 Å². The summed E-state index contributed by atoms with van der Waals surface area (Å²) in [6, 6.07) is 2.47. The van der Waals surface area contributed by atoms with Crippen molar-refractivity contribution in [3.8, 4) is 0 Å². The van der Waals surface area contributed by atoms with Crippen LogP contribution in [0.25, 0.3) is 0 Å². The zero-order valence-electron chi connectivity index (χ0n) is 11.9. The fraction of sp³-hybridized carbons (Fsp3) is 0.643. The van der Waals surface area contributed by atoms with Crippen LogP contribution in [-0.2, 0) is 6.54 Å². The van der Waals surface area contributed by atoms with Gasteiger partial charge in [-0.2, -0.15) is 0 Å². The molecule has 2 heterocycles. The molecule has 2 rings (SSSR count). The summed E-state index contributed by atoms with van der Waals surface area (Å²) >= 11 is 0. The van der Waals surface area contributed by atoms with Crippen molar-refractivity contribution in [3.63, 3.8) is 0 Å². The Morgan fingerprint density at radius 1 is 1.58 bits per heavy atom. The molecule has 5 nitrogen and oxygen atoms in total. The van der Waals surface area contributed by atoms with E-state index in [1.165, 1.54) is 12.8 Å². The molecule has 1 aliphatic heterocycles. The van der Waals surface area contributed by atoms with Crippen molar-refractivity contribution in [1.29, 1.82) is 0 Å². The molecule has 3 N–H and O–H groups in total. The number of hydrazine groups is 1. The quantitative estimate of drug-likeness (QED) is 0.497. The Bertz CT molecular complexity index is 456. The van der Waals surface area contributed by atoms with Crippen LogP contribution in [0.3, 0.4) is 0 Å². The average molecular weight is 265 g/mol. The highest BCUT2D eigenvalue weighted by Gasteiger charge is 2.26. The topological polar surface area (TPSA) is 71.5 Å². The van der Waals surface area contributed by atoms with E-state index in [0.29, 0.717) is 17.7 Å². The molecule has 1 aromatic heterocycles. The molecule has 0 radical (unpaired) electrons. The van der Waals surface area contributed by atoms with Gasteiger partial charge in [-0.1, -0.05) is 6.92 Å². The highest BCUT2D eigenvalue weighted by molar-refractivity contribution is 5.92. The van der Waals surface area contributed by atoms with E-state index in [-0.39, 0.29) is 5.91 Å². The number of furan rings is 1. The predicted molar refractivity (Wildman–Crippen MR) is 73.4 cm³/mol. The molecule has 1 saturated heterocycles. The standard InChI is InChI=1S/C14H23N3O2/c1-9-5-4-6-17(11(9)3)8-12-7-10(2)13(19-12)14(18)16-15/h7,9,11H,4-6,8,15H2,1-3H3,(H,16,18). The number of hydrogen-bond donors (Lipinski definition) is 2. The van der Waals surface area contributed by atoms with E-state index in [4.69, 9.17) is 10.3 Å². The summed E-state index contributed by atoms with van der Waals surface area (Å²) in [4.78, 5) is 13.9. The Labute approximate surface area is 114 Å². The third-order valence-electron chi connectivity index (χ3n) is 4.17. The van der Waals surface area contributed by atoms with E-state index in [1.54, 1.807) is 0 Å². The van der Waals surface area contributed by atoms with E-state index in [1.807, 2.05) is 13.0 Å². The molecule has 2 atom stereocenters. The average Bonchev–Trinajstić information content (AvgIpc) is 2.75. The van der Waals surface area contributed by atoms with Gasteiger partial charge in [0.05, 0.1) is 6.54 Å². The van der Waals surface area contributed by atoms with E-state index in [2.05, 4.69) is 24.2 Å². The molecule has 5 heteroatoms. The maximum absolute atomic E-state index is 11.5. The maximum atomic E-state index is 11.5. The summed E-state index contributed by atoms with van der Waals surface area (Å²) in [5.41, 5.74) is 2.94. The van der Waals surface area contributed by atoms with Gasteiger partial charge in [-0.3, -0.25) is 15.1 Å². The highest BCUT2D eigenvalue weighted by atomic mass is 16.4. The van der Waals surface area contributed by atoms with Crippen LogP contribution in [0.5, 0.6) is 0 Å². The minimum absolute atomic E-state index is 0.315. The van der Waals surface area contributed by atoms with Crippen LogP contribution in [0, 0.1) is 12.8 Å². The van der Waals surface area contributed by atoms with Crippen LogP contribution in [0.4, 0.5) is 0 Å². The molecule has 106 valence electrons. The molecule has 2 unspecified atom stereocenters. The van der Waals surface area contributed by atoms with E-state index < -0.39 is 0 Å². The zero-order chi connectivity index (χ0) is 14.0. The normalized spacial score (nSPS) is 24.4. The molecule has 19 heavy (non-hydrogen) atoms. The van der Waals surface area contributed by atoms with Crippen LogP contribution in [0.1, 0.15) is 48.6 Å². The van der Waals surface area contributed by atoms with E-state index in [9.17, 15) is 4.79 Å². The minimum atomic E-state index is -0.371. The van der Waals surface area contributed by atoms with Crippen LogP contribution in [0.2, 0.25) is 0 Å². The Balaban J connectivity index is 2.09. The monoisotopic (exact) mass is 265 g/mol. The molecule has 0 saturated carbocycles. The molecule has 0 bridgehead atoms. The summed E-state index contributed by atoms with van der Waals surface area (Å²) < 4.78 is 5.62. The molecule has 1 aromatic rings. The van der Waals surface area contributed by atoms with Crippen molar-refractivity contribution >= 4 is 5.91 Å².